The van der Waals surface area contributed by atoms with Gasteiger partial charge in [-0.05, 0) is 24.6 Å². The van der Waals surface area contributed by atoms with Crippen LogP contribution < -0.4 is 10.3 Å². The van der Waals surface area contributed by atoms with E-state index in [4.69, 9.17) is 4.74 Å². The summed E-state index contributed by atoms with van der Waals surface area (Å²) in [6, 6.07) is 13.3. The maximum absolute atomic E-state index is 12.6. The second kappa shape index (κ2) is 6.65. The first-order valence-electron chi connectivity index (χ1n) is 7.88. The average molecular weight is 308 g/mol. The lowest BCUT2D eigenvalue weighted by Gasteiger charge is -2.14. The van der Waals surface area contributed by atoms with Crippen LogP contribution in [0.1, 0.15) is 19.8 Å². The normalized spacial score (nSPS) is 10.9. The summed E-state index contributed by atoms with van der Waals surface area (Å²) < 4.78 is 7.22. The lowest BCUT2D eigenvalue weighted by molar-refractivity contribution is 0.416. The van der Waals surface area contributed by atoms with Gasteiger partial charge in [-0.1, -0.05) is 31.5 Å². The Hall–Kier alpha value is -2.62. The number of benzene rings is 1. The molecule has 0 atom stereocenters. The number of hydrogen-bond acceptors (Lipinski definition) is 3. The number of pyridine rings is 2. The van der Waals surface area contributed by atoms with Crippen LogP contribution in [-0.4, -0.2) is 16.7 Å². The van der Waals surface area contributed by atoms with Gasteiger partial charge in [0.2, 0.25) is 0 Å². The Morgan fingerprint density at radius 2 is 1.96 bits per heavy atom. The van der Waals surface area contributed by atoms with E-state index in [2.05, 4.69) is 11.9 Å². The predicted molar refractivity (Wildman–Crippen MR) is 92.9 cm³/mol. The smallest absolute Gasteiger partial charge is 0.252 e. The Balaban J connectivity index is 2.29. The summed E-state index contributed by atoms with van der Waals surface area (Å²) in [5.74, 6) is 0.753. The maximum atomic E-state index is 12.6. The first kappa shape index (κ1) is 15.3. The number of aromatic nitrogens is 2. The van der Waals surface area contributed by atoms with Crippen LogP contribution in [0.2, 0.25) is 0 Å². The molecule has 4 heteroatoms. The van der Waals surface area contributed by atoms with Crippen LogP contribution in [-0.2, 0) is 6.54 Å². The van der Waals surface area contributed by atoms with Gasteiger partial charge < -0.3 is 4.74 Å². The third-order valence-corrected chi connectivity index (χ3v) is 4.00. The van der Waals surface area contributed by atoms with E-state index < -0.39 is 0 Å². The van der Waals surface area contributed by atoms with E-state index in [9.17, 15) is 4.79 Å². The third kappa shape index (κ3) is 2.84. The quantitative estimate of drug-likeness (QED) is 0.718. The van der Waals surface area contributed by atoms with Gasteiger partial charge in [0.25, 0.3) is 5.56 Å². The Kier molecular flexibility index (Phi) is 4.42. The fourth-order valence-electron chi connectivity index (χ4n) is 2.83. The molecule has 23 heavy (non-hydrogen) atoms. The lowest BCUT2D eigenvalue weighted by atomic mass is 10.0. The molecule has 0 aliphatic rings. The zero-order valence-electron chi connectivity index (χ0n) is 13.5. The number of ether oxygens (including phenoxy) is 1. The number of rotatable bonds is 5. The predicted octanol–water partition coefficient (Wildman–Crippen LogP) is 3.87. The first-order chi connectivity index (χ1) is 11.3. The summed E-state index contributed by atoms with van der Waals surface area (Å²) in [6.45, 7) is 2.80. The Bertz CT molecular complexity index is 884. The van der Waals surface area contributed by atoms with E-state index in [0.717, 1.165) is 40.8 Å². The molecule has 0 aliphatic heterocycles. The second-order valence-corrected chi connectivity index (χ2v) is 5.48. The zero-order valence-corrected chi connectivity index (χ0v) is 13.5. The van der Waals surface area contributed by atoms with Crippen LogP contribution in [0.25, 0.3) is 22.2 Å². The average Bonchev–Trinajstić information content (AvgIpc) is 2.60. The van der Waals surface area contributed by atoms with Crippen molar-refractivity contribution in [2.24, 2.45) is 0 Å². The minimum absolute atomic E-state index is 0.0226. The topological polar surface area (TPSA) is 44.1 Å². The highest BCUT2D eigenvalue weighted by Crippen LogP contribution is 2.33. The van der Waals surface area contributed by atoms with Crippen molar-refractivity contribution in [1.82, 2.24) is 9.55 Å². The molecule has 0 radical (unpaired) electrons. The molecule has 0 saturated heterocycles. The standard InChI is InChI=1S/C19H20N2O2/c1-3-4-12-21-18(22)13-16(15-9-7-11-20-19(15)21)14-8-5-6-10-17(14)23-2/h5-11,13H,3-4,12H2,1-2H3. The minimum Gasteiger partial charge on any atom is -0.496 e. The van der Waals surface area contributed by atoms with E-state index in [1.165, 1.54) is 0 Å². The van der Waals surface area contributed by atoms with E-state index in [1.54, 1.807) is 23.9 Å². The molecule has 2 aromatic heterocycles. The fraction of sp³-hybridized carbons (Fsp3) is 0.263. The molecule has 1 aromatic carbocycles. The summed E-state index contributed by atoms with van der Waals surface area (Å²) in [6.07, 6.45) is 3.73. The Labute approximate surface area is 135 Å². The van der Waals surface area contributed by atoms with Crippen molar-refractivity contribution in [3.8, 4) is 16.9 Å². The van der Waals surface area contributed by atoms with Crippen LogP contribution >= 0.6 is 0 Å². The van der Waals surface area contributed by atoms with E-state index in [0.29, 0.717) is 6.54 Å². The van der Waals surface area contributed by atoms with E-state index in [-0.39, 0.29) is 5.56 Å². The third-order valence-electron chi connectivity index (χ3n) is 4.00. The largest absolute Gasteiger partial charge is 0.496 e. The van der Waals surface area contributed by atoms with Gasteiger partial charge >= 0.3 is 0 Å². The van der Waals surface area contributed by atoms with Gasteiger partial charge in [0.1, 0.15) is 11.4 Å². The van der Waals surface area contributed by atoms with Gasteiger partial charge in [0.05, 0.1) is 7.11 Å². The van der Waals surface area contributed by atoms with Gasteiger partial charge in [-0.25, -0.2) is 4.98 Å². The number of para-hydroxylation sites is 1. The van der Waals surface area contributed by atoms with Crippen molar-refractivity contribution in [2.75, 3.05) is 7.11 Å². The molecule has 0 spiro atoms. The van der Waals surface area contributed by atoms with Crippen LogP contribution in [0.15, 0.2) is 53.5 Å². The van der Waals surface area contributed by atoms with Crippen molar-refractivity contribution >= 4 is 11.0 Å². The molecule has 0 saturated carbocycles. The van der Waals surface area contributed by atoms with Crippen LogP contribution in [0.5, 0.6) is 5.75 Å². The molecule has 0 fully saturated rings. The van der Waals surface area contributed by atoms with Gasteiger partial charge in [0.15, 0.2) is 0 Å². The molecular weight excluding hydrogens is 288 g/mol. The van der Waals surface area contributed by atoms with Crippen LogP contribution in [0, 0.1) is 0 Å². The van der Waals surface area contributed by atoms with Crippen molar-refractivity contribution in [2.45, 2.75) is 26.3 Å². The maximum Gasteiger partial charge on any atom is 0.252 e. The summed E-state index contributed by atoms with van der Waals surface area (Å²) in [7, 11) is 1.64. The van der Waals surface area contributed by atoms with Gasteiger partial charge in [-0.15, -0.1) is 0 Å². The van der Waals surface area contributed by atoms with Crippen LogP contribution in [0.3, 0.4) is 0 Å². The summed E-state index contributed by atoms with van der Waals surface area (Å²) in [4.78, 5) is 17.1. The number of unbranched alkanes of at least 4 members (excludes halogenated alkanes) is 1. The molecule has 0 amide bonds. The van der Waals surface area contributed by atoms with Gasteiger partial charge in [0, 0.05) is 35.3 Å². The fourth-order valence-corrected chi connectivity index (χ4v) is 2.83. The zero-order chi connectivity index (χ0) is 16.2. The Morgan fingerprint density at radius 3 is 2.74 bits per heavy atom. The van der Waals surface area contributed by atoms with Crippen LogP contribution in [0.4, 0.5) is 0 Å². The number of nitrogens with zero attached hydrogens (tertiary/aromatic N) is 2. The SMILES string of the molecule is CCCCn1c(=O)cc(-c2ccccc2OC)c2cccnc21. The van der Waals surface area contributed by atoms with Crippen molar-refractivity contribution in [3.05, 3.63) is 59.0 Å². The molecule has 4 nitrogen and oxygen atoms in total. The lowest BCUT2D eigenvalue weighted by Crippen LogP contribution is -2.21. The van der Waals surface area contributed by atoms with Gasteiger partial charge in [-0.3, -0.25) is 9.36 Å². The highest BCUT2D eigenvalue weighted by Gasteiger charge is 2.13. The molecule has 118 valence electrons. The van der Waals surface area contributed by atoms with Crippen molar-refractivity contribution in [3.63, 3.8) is 0 Å². The number of methoxy groups -OCH3 is 1. The molecule has 0 aliphatic carbocycles. The summed E-state index contributed by atoms with van der Waals surface area (Å²) in [5, 5.41) is 0.965. The molecule has 0 unspecified atom stereocenters. The van der Waals surface area contributed by atoms with E-state index >= 15 is 0 Å². The van der Waals surface area contributed by atoms with Crippen molar-refractivity contribution in [1.29, 1.82) is 0 Å². The number of aryl methyl sites for hydroxylation is 1. The summed E-state index contributed by atoms with van der Waals surface area (Å²) >= 11 is 0. The van der Waals surface area contributed by atoms with E-state index in [1.807, 2.05) is 36.4 Å². The highest BCUT2D eigenvalue weighted by molar-refractivity contribution is 5.94. The molecule has 0 bridgehead atoms. The monoisotopic (exact) mass is 308 g/mol. The first-order valence-corrected chi connectivity index (χ1v) is 7.88. The number of hydrogen-bond donors (Lipinski definition) is 0. The molecular formula is C19H20N2O2. The molecule has 0 N–H and O–H groups in total. The molecule has 3 aromatic rings. The summed E-state index contributed by atoms with van der Waals surface area (Å²) in [5.41, 5.74) is 2.48. The highest BCUT2D eigenvalue weighted by atomic mass is 16.5. The number of fused-ring (bicyclic) bond motifs is 1. The Morgan fingerprint density at radius 1 is 1.13 bits per heavy atom. The second-order valence-electron chi connectivity index (χ2n) is 5.48. The molecule has 2 heterocycles. The van der Waals surface area contributed by atoms with Gasteiger partial charge in [-0.2, -0.15) is 0 Å². The van der Waals surface area contributed by atoms with Crippen molar-refractivity contribution < 1.29 is 4.74 Å². The minimum atomic E-state index is -0.0226. The molecule has 3 rings (SSSR count).